The maximum absolute atomic E-state index is 12.1. The van der Waals surface area contributed by atoms with Crippen molar-refractivity contribution in [2.75, 3.05) is 6.54 Å². The van der Waals surface area contributed by atoms with Crippen molar-refractivity contribution in [1.29, 1.82) is 0 Å². The summed E-state index contributed by atoms with van der Waals surface area (Å²) < 4.78 is 26.7. The largest absolute Gasteiger partial charge is 0.389 e. The van der Waals surface area contributed by atoms with Crippen molar-refractivity contribution in [2.24, 2.45) is 11.8 Å². The molecule has 0 amide bonds. The second-order valence-corrected chi connectivity index (χ2v) is 7.09. The van der Waals surface area contributed by atoms with Crippen LogP contribution in [0.3, 0.4) is 0 Å². The van der Waals surface area contributed by atoms with Crippen molar-refractivity contribution in [1.82, 2.24) is 4.72 Å². The molecule has 0 radical (unpaired) electrons. The molecule has 2 unspecified atom stereocenters. The molecule has 0 heterocycles. The second-order valence-electron chi connectivity index (χ2n) is 5.32. The van der Waals surface area contributed by atoms with E-state index in [0.717, 1.165) is 0 Å². The van der Waals surface area contributed by atoms with Crippen LogP contribution in [0.25, 0.3) is 0 Å². The van der Waals surface area contributed by atoms with Gasteiger partial charge in [-0.2, -0.15) is 0 Å². The molecule has 0 saturated heterocycles. The lowest BCUT2D eigenvalue weighted by Gasteiger charge is -2.16. The van der Waals surface area contributed by atoms with E-state index in [1.54, 1.807) is 19.1 Å². The standard InChI is InChI=1S/C14H23NO3S/c1-10(2)11(3)9-15-19(17,18)14-7-5-13(6-8-14)12(4)16/h5-8,10-12,15-16H,9H2,1-4H3. The zero-order valence-corrected chi connectivity index (χ0v) is 12.7. The Balaban J connectivity index is 2.77. The first-order chi connectivity index (χ1) is 8.74. The van der Waals surface area contributed by atoms with Crippen molar-refractivity contribution in [2.45, 2.75) is 38.7 Å². The lowest BCUT2D eigenvalue weighted by molar-refractivity contribution is 0.199. The SMILES string of the molecule is CC(O)c1ccc(S(=O)(=O)NCC(C)C(C)C)cc1. The van der Waals surface area contributed by atoms with E-state index in [0.29, 0.717) is 18.0 Å². The van der Waals surface area contributed by atoms with Crippen LogP contribution in [0.4, 0.5) is 0 Å². The minimum atomic E-state index is -3.46. The molecule has 4 nitrogen and oxygen atoms in total. The molecular weight excluding hydrogens is 262 g/mol. The Kier molecular flexibility index (Phi) is 5.52. The van der Waals surface area contributed by atoms with Gasteiger partial charge in [0, 0.05) is 6.54 Å². The average Bonchev–Trinajstić information content (AvgIpc) is 2.36. The molecule has 5 heteroatoms. The van der Waals surface area contributed by atoms with Gasteiger partial charge in [0.1, 0.15) is 0 Å². The molecule has 1 aromatic carbocycles. The summed E-state index contributed by atoms with van der Waals surface area (Å²) in [6.45, 7) is 8.22. The highest BCUT2D eigenvalue weighted by atomic mass is 32.2. The fraction of sp³-hybridized carbons (Fsp3) is 0.571. The van der Waals surface area contributed by atoms with Gasteiger partial charge in [-0.1, -0.05) is 32.9 Å². The zero-order valence-electron chi connectivity index (χ0n) is 11.9. The minimum absolute atomic E-state index is 0.229. The minimum Gasteiger partial charge on any atom is -0.389 e. The molecule has 108 valence electrons. The van der Waals surface area contributed by atoms with Crippen LogP contribution in [0.1, 0.15) is 39.4 Å². The molecule has 0 spiro atoms. The smallest absolute Gasteiger partial charge is 0.240 e. The quantitative estimate of drug-likeness (QED) is 0.843. The number of aliphatic hydroxyl groups is 1. The molecule has 0 fully saturated rings. The molecule has 0 aliphatic rings. The first-order valence-corrected chi connectivity index (χ1v) is 8.00. The summed E-state index contributed by atoms with van der Waals surface area (Å²) in [7, 11) is -3.46. The Morgan fingerprint density at radius 1 is 1.11 bits per heavy atom. The monoisotopic (exact) mass is 285 g/mol. The van der Waals surface area contributed by atoms with Gasteiger partial charge in [-0.15, -0.1) is 0 Å². The van der Waals surface area contributed by atoms with Crippen molar-refractivity contribution < 1.29 is 13.5 Å². The van der Waals surface area contributed by atoms with Gasteiger partial charge in [0.05, 0.1) is 11.0 Å². The Bertz CT molecular complexity index is 492. The van der Waals surface area contributed by atoms with Crippen LogP contribution in [-0.4, -0.2) is 20.1 Å². The van der Waals surface area contributed by atoms with E-state index in [2.05, 4.69) is 18.6 Å². The molecule has 2 atom stereocenters. The number of hydrogen-bond acceptors (Lipinski definition) is 3. The fourth-order valence-electron chi connectivity index (χ4n) is 1.49. The highest BCUT2D eigenvalue weighted by Gasteiger charge is 2.16. The number of benzene rings is 1. The number of rotatable bonds is 6. The van der Waals surface area contributed by atoms with Crippen LogP contribution in [0, 0.1) is 11.8 Å². The van der Waals surface area contributed by atoms with Crippen molar-refractivity contribution in [3.63, 3.8) is 0 Å². The van der Waals surface area contributed by atoms with Crippen molar-refractivity contribution in [3.8, 4) is 0 Å². The van der Waals surface area contributed by atoms with Gasteiger partial charge in [0.15, 0.2) is 0 Å². The molecule has 0 bridgehead atoms. The van der Waals surface area contributed by atoms with E-state index in [9.17, 15) is 13.5 Å². The van der Waals surface area contributed by atoms with E-state index < -0.39 is 16.1 Å². The summed E-state index contributed by atoms with van der Waals surface area (Å²) in [5.41, 5.74) is 0.703. The molecule has 0 aliphatic heterocycles. The number of aliphatic hydroxyl groups excluding tert-OH is 1. The van der Waals surface area contributed by atoms with Gasteiger partial charge in [-0.25, -0.2) is 13.1 Å². The van der Waals surface area contributed by atoms with E-state index >= 15 is 0 Å². The number of sulfonamides is 1. The second kappa shape index (κ2) is 6.50. The molecule has 0 saturated carbocycles. The van der Waals surface area contributed by atoms with E-state index in [1.165, 1.54) is 12.1 Å². The lowest BCUT2D eigenvalue weighted by Crippen LogP contribution is -2.30. The summed E-state index contributed by atoms with van der Waals surface area (Å²) in [6.07, 6.45) is -0.592. The van der Waals surface area contributed by atoms with Crippen LogP contribution in [0.2, 0.25) is 0 Å². The lowest BCUT2D eigenvalue weighted by atomic mass is 9.99. The van der Waals surface area contributed by atoms with E-state index in [1.807, 2.05) is 6.92 Å². The Labute approximate surface area is 115 Å². The molecule has 19 heavy (non-hydrogen) atoms. The van der Waals surface area contributed by atoms with Gasteiger partial charge in [0.2, 0.25) is 10.0 Å². The third-order valence-corrected chi connectivity index (χ3v) is 4.85. The summed E-state index contributed by atoms with van der Waals surface area (Å²) in [4.78, 5) is 0.229. The van der Waals surface area contributed by atoms with Crippen LogP contribution < -0.4 is 4.72 Å². The van der Waals surface area contributed by atoms with Crippen LogP contribution in [0.15, 0.2) is 29.2 Å². The molecule has 0 aromatic heterocycles. The summed E-state index contributed by atoms with van der Waals surface area (Å²) in [6, 6.07) is 6.30. The topological polar surface area (TPSA) is 66.4 Å². The molecular formula is C14H23NO3S. The molecule has 2 N–H and O–H groups in total. The number of hydrogen-bond donors (Lipinski definition) is 2. The molecule has 1 rings (SSSR count). The average molecular weight is 285 g/mol. The predicted molar refractivity (Wildman–Crippen MR) is 76.3 cm³/mol. The van der Waals surface area contributed by atoms with Gasteiger partial charge in [-0.05, 0) is 36.5 Å². The Hall–Kier alpha value is -0.910. The third-order valence-electron chi connectivity index (χ3n) is 3.41. The third kappa shape index (κ3) is 4.60. The zero-order chi connectivity index (χ0) is 14.6. The van der Waals surface area contributed by atoms with Crippen molar-refractivity contribution >= 4 is 10.0 Å². The van der Waals surface area contributed by atoms with Crippen molar-refractivity contribution in [3.05, 3.63) is 29.8 Å². The van der Waals surface area contributed by atoms with Gasteiger partial charge in [-0.3, -0.25) is 0 Å². The fourth-order valence-corrected chi connectivity index (χ4v) is 2.63. The number of nitrogens with one attached hydrogen (secondary N) is 1. The van der Waals surface area contributed by atoms with E-state index in [4.69, 9.17) is 0 Å². The van der Waals surface area contributed by atoms with E-state index in [-0.39, 0.29) is 10.8 Å². The summed E-state index contributed by atoms with van der Waals surface area (Å²) >= 11 is 0. The van der Waals surface area contributed by atoms with Gasteiger partial charge >= 0.3 is 0 Å². The molecule has 1 aromatic rings. The maximum atomic E-state index is 12.1. The summed E-state index contributed by atoms with van der Waals surface area (Å²) in [5.74, 6) is 0.715. The first-order valence-electron chi connectivity index (χ1n) is 6.51. The first kappa shape index (κ1) is 16.1. The van der Waals surface area contributed by atoms with Gasteiger partial charge in [0.25, 0.3) is 0 Å². The van der Waals surface area contributed by atoms with Crippen LogP contribution >= 0.6 is 0 Å². The van der Waals surface area contributed by atoms with Crippen LogP contribution in [0.5, 0.6) is 0 Å². The Morgan fingerprint density at radius 3 is 2.05 bits per heavy atom. The predicted octanol–water partition coefficient (Wildman–Crippen LogP) is 2.31. The highest BCUT2D eigenvalue weighted by molar-refractivity contribution is 7.89. The van der Waals surface area contributed by atoms with Gasteiger partial charge < -0.3 is 5.11 Å². The van der Waals surface area contributed by atoms with Crippen LogP contribution in [-0.2, 0) is 10.0 Å². The maximum Gasteiger partial charge on any atom is 0.240 e. The normalized spacial score (nSPS) is 15.5. The Morgan fingerprint density at radius 2 is 1.63 bits per heavy atom. The summed E-state index contributed by atoms with van der Waals surface area (Å²) in [5, 5.41) is 9.39. The highest BCUT2D eigenvalue weighted by Crippen LogP contribution is 2.16. The molecule has 0 aliphatic carbocycles.